The second-order valence-electron chi connectivity index (χ2n) is 4.64. The van der Waals surface area contributed by atoms with E-state index in [9.17, 15) is 0 Å². The van der Waals surface area contributed by atoms with Crippen molar-refractivity contribution >= 4 is 0 Å². The second kappa shape index (κ2) is 7.41. The van der Waals surface area contributed by atoms with E-state index in [0.717, 1.165) is 18.5 Å². The van der Waals surface area contributed by atoms with Crippen LogP contribution in [0.4, 0.5) is 0 Å². The molecule has 0 amide bonds. The summed E-state index contributed by atoms with van der Waals surface area (Å²) in [5.74, 6) is 6.41. The first-order valence-electron chi connectivity index (χ1n) is 6.66. The first-order valence-corrected chi connectivity index (χ1v) is 6.66. The fourth-order valence-electron chi connectivity index (χ4n) is 1.79. The summed E-state index contributed by atoms with van der Waals surface area (Å²) < 4.78 is 0. The molecule has 0 aromatic heterocycles. The summed E-state index contributed by atoms with van der Waals surface area (Å²) in [5, 5.41) is 3.48. The number of benzene rings is 2. The lowest BCUT2D eigenvalue weighted by molar-refractivity contribution is 0.559. The Bertz CT molecular complexity index is 534. The van der Waals surface area contributed by atoms with Crippen molar-refractivity contribution in [2.75, 3.05) is 0 Å². The molecule has 0 unspecified atom stereocenters. The monoisotopic (exact) mass is 249 g/mol. The first-order chi connectivity index (χ1) is 9.34. The fourth-order valence-corrected chi connectivity index (χ4v) is 1.79. The Balaban J connectivity index is 1.76. The molecule has 96 valence electrons. The van der Waals surface area contributed by atoms with Crippen LogP contribution in [0.3, 0.4) is 0 Å². The largest absolute Gasteiger partial charge is 0.309 e. The minimum Gasteiger partial charge on any atom is -0.309 e. The summed E-state index contributed by atoms with van der Waals surface area (Å²) in [6.45, 7) is 3.07. The maximum atomic E-state index is 3.48. The van der Waals surface area contributed by atoms with Gasteiger partial charge >= 0.3 is 0 Å². The van der Waals surface area contributed by atoms with E-state index in [2.05, 4.69) is 48.3 Å². The van der Waals surface area contributed by atoms with Crippen LogP contribution in [-0.2, 0) is 6.54 Å². The van der Waals surface area contributed by atoms with E-state index in [1.165, 1.54) is 5.56 Å². The Kier molecular flexibility index (Phi) is 5.22. The summed E-state index contributed by atoms with van der Waals surface area (Å²) in [7, 11) is 0. The van der Waals surface area contributed by atoms with E-state index >= 15 is 0 Å². The minimum absolute atomic E-state index is 0.399. The first kappa shape index (κ1) is 13.4. The van der Waals surface area contributed by atoms with Crippen LogP contribution < -0.4 is 5.32 Å². The maximum absolute atomic E-state index is 3.48. The highest BCUT2D eigenvalue weighted by Gasteiger charge is 1.98. The molecule has 2 aromatic rings. The van der Waals surface area contributed by atoms with E-state index < -0.39 is 0 Å². The van der Waals surface area contributed by atoms with Gasteiger partial charge < -0.3 is 5.32 Å². The normalized spacial score (nSPS) is 11.4. The van der Waals surface area contributed by atoms with Gasteiger partial charge in [0.25, 0.3) is 0 Å². The lowest BCUT2D eigenvalue weighted by Crippen LogP contribution is -2.24. The zero-order valence-corrected chi connectivity index (χ0v) is 11.3. The van der Waals surface area contributed by atoms with Gasteiger partial charge in [0.1, 0.15) is 0 Å². The van der Waals surface area contributed by atoms with Gasteiger partial charge in [-0.1, -0.05) is 60.4 Å². The fraction of sp³-hybridized carbons (Fsp3) is 0.222. The van der Waals surface area contributed by atoms with Crippen molar-refractivity contribution < 1.29 is 0 Å². The van der Waals surface area contributed by atoms with Crippen LogP contribution in [0.25, 0.3) is 0 Å². The SMILES string of the molecule is C[C@@H](CC#Cc1ccccc1)NCc1ccccc1. The molecule has 0 saturated carbocycles. The summed E-state index contributed by atoms with van der Waals surface area (Å²) in [6, 6.07) is 21.0. The van der Waals surface area contributed by atoms with Crippen molar-refractivity contribution in [2.45, 2.75) is 25.9 Å². The number of hydrogen-bond acceptors (Lipinski definition) is 1. The molecule has 1 heteroatoms. The molecule has 1 atom stereocenters. The Morgan fingerprint density at radius 1 is 0.947 bits per heavy atom. The Morgan fingerprint density at radius 3 is 2.26 bits per heavy atom. The van der Waals surface area contributed by atoms with Gasteiger partial charge in [-0.15, -0.1) is 0 Å². The van der Waals surface area contributed by atoms with Crippen LogP contribution in [0.2, 0.25) is 0 Å². The highest BCUT2D eigenvalue weighted by molar-refractivity contribution is 5.33. The van der Waals surface area contributed by atoms with Crippen LogP contribution in [0.15, 0.2) is 60.7 Å². The van der Waals surface area contributed by atoms with Crippen molar-refractivity contribution in [3.63, 3.8) is 0 Å². The number of rotatable bonds is 4. The Labute approximate surface area is 115 Å². The molecule has 1 nitrogen and oxygen atoms in total. The van der Waals surface area contributed by atoms with Crippen LogP contribution in [0, 0.1) is 11.8 Å². The van der Waals surface area contributed by atoms with Gasteiger partial charge in [-0.2, -0.15) is 0 Å². The molecular weight excluding hydrogens is 230 g/mol. The van der Waals surface area contributed by atoms with Gasteiger partial charge in [0.05, 0.1) is 0 Å². The predicted octanol–water partition coefficient (Wildman–Crippen LogP) is 3.61. The Hall–Kier alpha value is -2.04. The summed E-state index contributed by atoms with van der Waals surface area (Å²) in [5.41, 5.74) is 2.39. The highest BCUT2D eigenvalue weighted by Crippen LogP contribution is 2.00. The van der Waals surface area contributed by atoms with Crippen molar-refractivity contribution in [3.8, 4) is 11.8 Å². The molecule has 0 fully saturated rings. The molecule has 0 heterocycles. The Morgan fingerprint density at radius 2 is 1.58 bits per heavy atom. The molecule has 0 spiro atoms. The molecule has 0 aliphatic rings. The van der Waals surface area contributed by atoms with Crippen LogP contribution >= 0.6 is 0 Å². The van der Waals surface area contributed by atoms with Gasteiger partial charge in [0.2, 0.25) is 0 Å². The smallest absolute Gasteiger partial charge is 0.0245 e. The van der Waals surface area contributed by atoms with Crippen LogP contribution in [0.5, 0.6) is 0 Å². The number of nitrogens with one attached hydrogen (secondary N) is 1. The van der Waals surface area contributed by atoms with Gasteiger partial charge in [-0.3, -0.25) is 0 Å². The third-order valence-electron chi connectivity index (χ3n) is 2.91. The molecule has 0 aliphatic carbocycles. The molecule has 2 aromatic carbocycles. The third-order valence-corrected chi connectivity index (χ3v) is 2.91. The van der Waals surface area contributed by atoms with Crippen LogP contribution in [-0.4, -0.2) is 6.04 Å². The predicted molar refractivity (Wildman–Crippen MR) is 80.7 cm³/mol. The van der Waals surface area contributed by atoms with E-state index in [4.69, 9.17) is 0 Å². The molecule has 0 radical (unpaired) electrons. The van der Waals surface area contributed by atoms with Crippen molar-refractivity contribution in [1.82, 2.24) is 5.32 Å². The van der Waals surface area contributed by atoms with E-state index in [1.807, 2.05) is 36.4 Å². The maximum Gasteiger partial charge on any atom is 0.0245 e. The second-order valence-corrected chi connectivity index (χ2v) is 4.64. The minimum atomic E-state index is 0.399. The van der Waals surface area contributed by atoms with E-state index in [0.29, 0.717) is 6.04 Å². The summed E-state index contributed by atoms with van der Waals surface area (Å²) in [4.78, 5) is 0. The van der Waals surface area contributed by atoms with Crippen LogP contribution in [0.1, 0.15) is 24.5 Å². The summed E-state index contributed by atoms with van der Waals surface area (Å²) >= 11 is 0. The zero-order valence-electron chi connectivity index (χ0n) is 11.3. The summed E-state index contributed by atoms with van der Waals surface area (Å²) in [6.07, 6.45) is 0.863. The number of hydrogen-bond donors (Lipinski definition) is 1. The van der Waals surface area contributed by atoms with E-state index in [-0.39, 0.29) is 0 Å². The molecular formula is C18H19N. The third kappa shape index (κ3) is 4.99. The molecule has 0 saturated heterocycles. The highest BCUT2D eigenvalue weighted by atomic mass is 14.9. The molecule has 0 aliphatic heterocycles. The van der Waals surface area contributed by atoms with Crippen molar-refractivity contribution in [1.29, 1.82) is 0 Å². The van der Waals surface area contributed by atoms with Crippen molar-refractivity contribution in [2.24, 2.45) is 0 Å². The lowest BCUT2D eigenvalue weighted by atomic mass is 10.1. The molecule has 0 bridgehead atoms. The molecule has 2 rings (SSSR count). The average Bonchev–Trinajstić information content (AvgIpc) is 2.47. The molecule has 19 heavy (non-hydrogen) atoms. The molecule has 1 N–H and O–H groups in total. The lowest BCUT2D eigenvalue weighted by Gasteiger charge is -2.10. The average molecular weight is 249 g/mol. The quantitative estimate of drug-likeness (QED) is 0.816. The van der Waals surface area contributed by atoms with Gasteiger partial charge in [-0.25, -0.2) is 0 Å². The zero-order chi connectivity index (χ0) is 13.3. The van der Waals surface area contributed by atoms with Gasteiger partial charge in [0.15, 0.2) is 0 Å². The van der Waals surface area contributed by atoms with Gasteiger partial charge in [0, 0.05) is 24.6 Å². The van der Waals surface area contributed by atoms with Crippen molar-refractivity contribution in [3.05, 3.63) is 71.8 Å². The topological polar surface area (TPSA) is 12.0 Å². The van der Waals surface area contributed by atoms with E-state index in [1.54, 1.807) is 0 Å². The standard InChI is InChI=1S/C18H19N/c1-16(19-15-18-12-6-3-7-13-18)9-8-14-17-10-4-2-5-11-17/h2-7,10-13,16,19H,9,15H2,1H3/t16-/m0/s1. The van der Waals surface area contributed by atoms with Gasteiger partial charge in [-0.05, 0) is 24.6 Å².